The summed E-state index contributed by atoms with van der Waals surface area (Å²) in [5.41, 5.74) is 7.56. The van der Waals surface area contributed by atoms with Crippen LogP contribution in [0.3, 0.4) is 0 Å². The fourth-order valence-corrected chi connectivity index (χ4v) is 0.909. The maximum atomic E-state index is 9.00. The number of nitrogens with zero attached hydrogens (tertiary/aromatic N) is 3. The van der Waals surface area contributed by atoms with Crippen LogP contribution < -0.4 is 0 Å². The van der Waals surface area contributed by atoms with Gasteiger partial charge in [0.2, 0.25) is 0 Å². The average molecular weight is 201 g/mol. The minimum Gasteiger partial charge on any atom is -0.396 e. The van der Waals surface area contributed by atoms with Crippen molar-refractivity contribution in [2.75, 3.05) is 19.8 Å². The van der Waals surface area contributed by atoms with E-state index in [1.54, 1.807) is 6.92 Å². The van der Waals surface area contributed by atoms with Gasteiger partial charge in [-0.3, -0.25) is 0 Å². The summed E-state index contributed by atoms with van der Waals surface area (Å²) in [5.74, 6) is 0. The molecule has 5 nitrogen and oxygen atoms in total. The van der Waals surface area contributed by atoms with E-state index in [2.05, 4.69) is 16.9 Å². The summed E-state index contributed by atoms with van der Waals surface area (Å²) in [5, 5.41) is 12.5. The van der Waals surface area contributed by atoms with Crippen molar-refractivity contribution in [3.8, 4) is 0 Å². The van der Waals surface area contributed by atoms with Gasteiger partial charge in [-0.15, -0.1) is 0 Å². The molecular formula is C9H19N3O2. The largest absolute Gasteiger partial charge is 0.396 e. The zero-order valence-electron chi connectivity index (χ0n) is 8.94. The normalized spacial score (nSPS) is 14.5. The Hall–Kier alpha value is -0.770. The van der Waals surface area contributed by atoms with Crippen molar-refractivity contribution in [1.29, 1.82) is 0 Å². The molecule has 0 saturated carbocycles. The summed E-state index contributed by atoms with van der Waals surface area (Å²) in [6.45, 7) is 4.93. The van der Waals surface area contributed by atoms with Gasteiger partial charge in [0.25, 0.3) is 0 Å². The van der Waals surface area contributed by atoms with Crippen LogP contribution in [0, 0.1) is 0 Å². The van der Waals surface area contributed by atoms with Gasteiger partial charge in [0, 0.05) is 18.1 Å². The minimum atomic E-state index is -0.721. The van der Waals surface area contributed by atoms with Crippen molar-refractivity contribution in [3.05, 3.63) is 10.4 Å². The summed E-state index contributed by atoms with van der Waals surface area (Å²) in [7, 11) is 0. The van der Waals surface area contributed by atoms with E-state index in [9.17, 15) is 0 Å². The summed E-state index contributed by atoms with van der Waals surface area (Å²) >= 11 is 0. The SMILES string of the molecule is CCCCOCCC(C)(CO)N=[N+]=[N-]. The Labute approximate surface area is 84.7 Å². The van der Waals surface area contributed by atoms with Crippen LogP contribution >= 0.6 is 0 Å². The number of rotatable bonds is 8. The first-order chi connectivity index (χ1) is 6.68. The van der Waals surface area contributed by atoms with Crippen molar-refractivity contribution < 1.29 is 9.84 Å². The van der Waals surface area contributed by atoms with Gasteiger partial charge >= 0.3 is 0 Å². The Morgan fingerprint density at radius 3 is 2.71 bits per heavy atom. The third-order valence-corrected chi connectivity index (χ3v) is 2.05. The highest BCUT2D eigenvalue weighted by atomic mass is 16.5. The smallest absolute Gasteiger partial charge is 0.0712 e. The molecule has 0 fully saturated rings. The molecule has 14 heavy (non-hydrogen) atoms. The van der Waals surface area contributed by atoms with Gasteiger partial charge in [-0.2, -0.15) is 0 Å². The van der Waals surface area contributed by atoms with E-state index in [1.165, 1.54) is 0 Å². The molecule has 0 amide bonds. The van der Waals surface area contributed by atoms with Crippen LogP contribution in [0.4, 0.5) is 0 Å². The molecular weight excluding hydrogens is 182 g/mol. The molecule has 0 aliphatic rings. The summed E-state index contributed by atoms with van der Waals surface area (Å²) in [6, 6.07) is 0. The van der Waals surface area contributed by atoms with Gasteiger partial charge in [-0.05, 0) is 18.4 Å². The highest BCUT2D eigenvalue weighted by Crippen LogP contribution is 2.14. The molecule has 0 aromatic carbocycles. The fraction of sp³-hybridized carbons (Fsp3) is 1.00. The molecule has 0 aromatic rings. The second-order valence-corrected chi connectivity index (χ2v) is 3.56. The number of aliphatic hydroxyl groups is 1. The van der Waals surface area contributed by atoms with E-state index in [0.29, 0.717) is 13.0 Å². The molecule has 5 heteroatoms. The molecule has 0 rings (SSSR count). The van der Waals surface area contributed by atoms with Crippen LogP contribution in [0.5, 0.6) is 0 Å². The van der Waals surface area contributed by atoms with Crippen molar-refractivity contribution in [3.63, 3.8) is 0 Å². The Bertz CT molecular complexity index is 192. The molecule has 0 aliphatic carbocycles. The van der Waals surface area contributed by atoms with Crippen LogP contribution in [-0.4, -0.2) is 30.5 Å². The van der Waals surface area contributed by atoms with Gasteiger partial charge in [-0.25, -0.2) is 0 Å². The molecule has 0 aliphatic heterocycles. The fourth-order valence-electron chi connectivity index (χ4n) is 0.909. The van der Waals surface area contributed by atoms with E-state index in [-0.39, 0.29) is 6.61 Å². The lowest BCUT2D eigenvalue weighted by Crippen LogP contribution is -2.28. The highest BCUT2D eigenvalue weighted by molar-refractivity contribution is 4.82. The highest BCUT2D eigenvalue weighted by Gasteiger charge is 2.20. The monoisotopic (exact) mass is 201 g/mol. The lowest BCUT2D eigenvalue weighted by molar-refractivity contribution is 0.0983. The molecule has 1 unspecified atom stereocenters. The molecule has 1 atom stereocenters. The van der Waals surface area contributed by atoms with Gasteiger partial charge in [-0.1, -0.05) is 25.4 Å². The maximum Gasteiger partial charge on any atom is 0.0712 e. The summed E-state index contributed by atoms with van der Waals surface area (Å²) in [6.07, 6.45) is 2.70. The topological polar surface area (TPSA) is 78.2 Å². The number of hydrogen-bond acceptors (Lipinski definition) is 3. The third-order valence-electron chi connectivity index (χ3n) is 2.05. The molecule has 0 bridgehead atoms. The van der Waals surface area contributed by atoms with Crippen molar-refractivity contribution in [2.45, 2.75) is 38.6 Å². The lowest BCUT2D eigenvalue weighted by Gasteiger charge is -2.20. The van der Waals surface area contributed by atoms with Crippen molar-refractivity contribution >= 4 is 0 Å². The van der Waals surface area contributed by atoms with Crippen LogP contribution in [0.25, 0.3) is 10.4 Å². The van der Waals surface area contributed by atoms with Gasteiger partial charge < -0.3 is 9.84 Å². The Morgan fingerprint density at radius 1 is 1.50 bits per heavy atom. The summed E-state index contributed by atoms with van der Waals surface area (Å²) in [4.78, 5) is 2.70. The van der Waals surface area contributed by atoms with E-state index in [4.69, 9.17) is 15.4 Å². The number of aliphatic hydroxyl groups excluding tert-OH is 1. The molecule has 82 valence electrons. The Kier molecular flexibility index (Phi) is 7.20. The van der Waals surface area contributed by atoms with Crippen molar-refractivity contribution in [2.24, 2.45) is 5.11 Å². The maximum absolute atomic E-state index is 9.00. The van der Waals surface area contributed by atoms with Crippen LogP contribution in [-0.2, 0) is 4.74 Å². The zero-order chi connectivity index (χ0) is 10.9. The van der Waals surface area contributed by atoms with Gasteiger partial charge in [0.15, 0.2) is 0 Å². The molecule has 0 aromatic heterocycles. The number of ether oxygens (including phenoxy) is 1. The van der Waals surface area contributed by atoms with Gasteiger partial charge in [0.05, 0.1) is 12.1 Å². The second kappa shape index (κ2) is 7.62. The third kappa shape index (κ3) is 5.80. The first-order valence-electron chi connectivity index (χ1n) is 4.93. The van der Waals surface area contributed by atoms with Crippen LogP contribution in [0.2, 0.25) is 0 Å². The first-order valence-corrected chi connectivity index (χ1v) is 4.93. The number of unbranched alkanes of at least 4 members (excludes halogenated alkanes) is 1. The van der Waals surface area contributed by atoms with E-state index >= 15 is 0 Å². The number of azide groups is 1. The quantitative estimate of drug-likeness (QED) is 0.283. The van der Waals surface area contributed by atoms with Gasteiger partial charge in [0.1, 0.15) is 0 Å². The molecule has 0 saturated heterocycles. The number of hydrogen-bond donors (Lipinski definition) is 1. The molecule has 1 N–H and O–H groups in total. The zero-order valence-corrected chi connectivity index (χ0v) is 8.94. The predicted octanol–water partition coefficient (Wildman–Crippen LogP) is 2.25. The Balaban J connectivity index is 3.67. The van der Waals surface area contributed by atoms with Crippen LogP contribution in [0.1, 0.15) is 33.1 Å². The molecule has 0 heterocycles. The van der Waals surface area contributed by atoms with Crippen LogP contribution in [0.15, 0.2) is 5.11 Å². The Morgan fingerprint density at radius 2 is 2.21 bits per heavy atom. The van der Waals surface area contributed by atoms with E-state index < -0.39 is 5.54 Å². The minimum absolute atomic E-state index is 0.145. The standard InChI is InChI=1S/C9H19N3O2/c1-3-4-6-14-7-5-9(2,8-13)11-12-10/h13H,3-8H2,1-2H3. The van der Waals surface area contributed by atoms with E-state index in [0.717, 1.165) is 19.4 Å². The van der Waals surface area contributed by atoms with Crippen molar-refractivity contribution in [1.82, 2.24) is 0 Å². The second-order valence-electron chi connectivity index (χ2n) is 3.56. The predicted molar refractivity (Wildman–Crippen MR) is 55.0 cm³/mol. The molecule has 0 spiro atoms. The molecule has 0 radical (unpaired) electrons. The first kappa shape index (κ1) is 13.2. The lowest BCUT2D eigenvalue weighted by atomic mass is 10.0. The summed E-state index contributed by atoms with van der Waals surface area (Å²) < 4.78 is 5.32. The average Bonchev–Trinajstić information content (AvgIpc) is 2.18. The van der Waals surface area contributed by atoms with E-state index in [1.807, 2.05) is 0 Å².